The van der Waals surface area contributed by atoms with Crippen LogP contribution in [-0.4, -0.2) is 11.1 Å². The number of benzene rings is 1. The molecule has 1 aromatic heterocycles. The molecule has 0 saturated heterocycles. The molecule has 1 aromatic carbocycles. The zero-order valence-electron chi connectivity index (χ0n) is 10.8. The maximum atomic E-state index is 12.0. The molecule has 5 nitrogen and oxygen atoms in total. The first kappa shape index (κ1) is 12.5. The van der Waals surface area contributed by atoms with Crippen molar-refractivity contribution < 1.29 is 19.1 Å². The predicted octanol–water partition coefficient (Wildman–Crippen LogP) is 2.09. The minimum atomic E-state index is -0.495. The molecule has 1 aliphatic rings. The highest BCUT2D eigenvalue weighted by atomic mass is 16.5. The number of esters is 1. The first-order chi connectivity index (χ1) is 9.54. The minimum absolute atomic E-state index is 0.0750. The van der Waals surface area contributed by atoms with Crippen LogP contribution in [0.25, 0.3) is 0 Å². The standard InChI is InChI=1S/C15H12O5/c1-8-6-12-14(15(18)19-8)11(7-13(17)20-12)9-2-4-10(16)5-3-9/h2-6,11,16H,7H2,1H3. The van der Waals surface area contributed by atoms with Crippen LogP contribution >= 0.6 is 0 Å². The summed E-state index contributed by atoms with van der Waals surface area (Å²) < 4.78 is 10.2. The Balaban J connectivity index is 2.17. The van der Waals surface area contributed by atoms with E-state index in [2.05, 4.69) is 0 Å². The summed E-state index contributed by atoms with van der Waals surface area (Å²) in [6.07, 6.45) is 0.0750. The van der Waals surface area contributed by atoms with E-state index < -0.39 is 11.5 Å². The van der Waals surface area contributed by atoms with E-state index in [0.717, 1.165) is 5.56 Å². The molecule has 0 radical (unpaired) electrons. The molecule has 0 aliphatic carbocycles. The van der Waals surface area contributed by atoms with Crippen LogP contribution in [0.3, 0.4) is 0 Å². The number of aromatic hydroxyl groups is 1. The van der Waals surface area contributed by atoms with Gasteiger partial charge in [-0.2, -0.15) is 0 Å². The maximum Gasteiger partial charge on any atom is 0.343 e. The van der Waals surface area contributed by atoms with Crippen molar-refractivity contribution in [2.24, 2.45) is 0 Å². The van der Waals surface area contributed by atoms with Crippen molar-refractivity contribution in [3.8, 4) is 11.5 Å². The lowest BCUT2D eigenvalue weighted by atomic mass is 9.87. The van der Waals surface area contributed by atoms with Crippen LogP contribution in [0.4, 0.5) is 0 Å². The van der Waals surface area contributed by atoms with Crippen molar-refractivity contribution in [2.45, 2.75) is 19.3 Å². The fourth-order valence-corrected chi connectivity index (χ4v) is 2.42. The molecular formula is C15H12O5. The molecule has 20 heavy (non-hydrogen) atoms. The lowest BCUT2D eigenvalue weighted by Gasteiger charge is -2.23. The fraction of sp³-hybridized carbons (Fsp3) is 0.200. The number of phenols is 1. The van der Waals surface area contributed by atoms with Gasteiger partial charge in [-0.15, -0.1) is 0 Å². The van der Waals surface area contributed by atoms with Crippen molar-refractivity contribution in [1.29, 1.82) is 0 Å². The highest BCUT2D eigenvalue weighted by molar-refractivity contribution is 5.77. The minimum Gasteiger partial charge on any atom is -0.508 e. The van der Waals surface area contributed by atoms with E-state index in [4.69, 9.17) is 9.15 Å². The Hall–Kier alpha value is -2.56. The summed E-state index contributed by atoms with van der Waals surface area (Å²) in [5.41, 5.74) is 0.614. The van der Waals surface area contributed by atoms with Gasteiger partial charge in [0.1, 0.15) is 17.3 Å². The molecule has 2 aromatic rings. The Labute approximate surface area is 114 Å². The summed E-state index contributed by atoms with van der Waals surface area (Å²) in [6.45, 7) is 1.62. The van der Waals surface area contributed by atoms with Crippen LogP contribution in [-0.2, 0) is 4.79 Å². The Morgan fingerprint density at radius 2 is 1.90 bits per heavy atom. The van der Waals surface area contributed by atoms with E-state index in [1.807, 2.05) is 0 Å². The van der Waals surface area contributed by atoms with Gasteiger partial charge in [0, 0.05) is 12.0 Å². The number of rotatable bonds is 1. The molecular weight excluding hydrogens is 260 g/mol. The number of fused-ring (bicyclic) bond motifs is 1. The monoisotopic (exact) mass is 272 g/mol. The number of phenolic OH excluding ortho intramolecular Hbond substituents is 1. The number of carbonyl (C=O) groups excluding carboxylic acids is 1. The first-order valence-corrected chi connectivity index (χ1v) is 6.19. The predicted molar refractivity (Wildman–Crippen MR) is 69.9 cm³/mol. The van der Waals surface area contributed by atoms with Gasteiger partial charge in [0.25, 0.3) is 0 Å². The van der Waals surface area contributed by atoms with Crippen LogP contribution in [0.15, 0.2) is 39.5 Å². The molecule has 1 N–H and O–H groups in total. The Kier molecular flexibility index (Phi) is 2.82. The molecule has 1 unspecified atom stereocenters. The summed E-state index contributed by atoms with van der Waals surface area (Å²) in [6, 6.07) is 7.94. The highest BCUT2D eigenvalue weighted by Crippen LogP contribution is 2.37. The number of hydrogen-bond donors (Lipinski definition) is 1. The topological polar surface area (TPSA) is 76.7 Å². The van der Waals surface area contributed by atoms with Crippen LogP contribution in [0, 0.1) is 6.92 Å². The van der Waals surface area contributed by atoms with E-state index in [1.165, 1.54) is 12.1 Å². The van der Waals surface area contributed by atoms with Gasteiger partial charge in [-0.3, -0.25) is 4.79 Å². The highest BCUT2D eigenvalue weighted by Gasteiger charge is 2.32. The second-order valence-electron chi connectivity index (χ2n) is 4.74. The van der Waals surface area contributed by atoms with E-state index in [-0.39, 0.29) is 23.9 Å². The summed E-state index contributed by atoms with van der Waals surface area (Å²) in [7, 11) is 0. The van der Waals surface area contributed by atoms with Crippen molar-refractivity contribution in [2.75, 3.05) is 0 Å². The molecule has 2 heterocycles. The molecule has 3 rings (SSSR count). The zero-order valence-corrected chi connectivity index (χ0v) is 10.8. The zero-order chi connectivity index (χ0) is 14.3. The van der Waals surface area contributed by atoms with Gasteiger partial charge in [0.15, 0.2) is 0 Å². The van der Waals surface area contributed by atoms with Crippen LogP contribution in [0.2, 0.25) is 0 Å². The van der Waals surface area contributed by atoms with Gasteiger partial charge in [-0.05, 0) is 24.6 Å². The first-order valence-electron chi connectivity index (χ1n) is 6.19. The van der Waals surface area contributed by atoms with Crippen LogP contribution in [0.1, 0.15) is 29.2 Å². The second-order valence-corrected chi connectivity index (χ2v) is 4.74. The molecule has 102 valence electrons. The van der Waals surface area contributed by atoms with Crippen molar-refractivity contribution in [1.82, 2.24) is 0 Å². The van der Waals surface area contributed by atoms with Gasteiger partial charge in [0.2, 0.25) is 0 Å². The van der Waals surface area contributed by atoms with E-state index in [0.29, 0.717) is 11.3 Å². The lowest BCUT2D eigenvalue weighted by Crippen LogP contribution is -2.26. The van der Waals surface area contributed by atoms with Crippen LogP contribution < -0.4 is 10.4 Å². The lowest BCUT2D eigenvalue weighted by molar-refractivity contribution is -0.135. The molecule has 1 aliphatic heterocycles. The fourth-order valence-electron chi connectivity index (χ4n) is 2.42. The molecule has 0 amide bonds. The molecule has 0 saturated carbocycles. The SMILES string of the molecule is Cc1cc2c(c(=O)o1)C(c1ccc(O)cc1)CC(=O)O2. The quantitative estimate of drug-likeness (QED) is 0.804. The molecule has 0 spiro atoms. The van der Waals surface area contributed by atoms with E-state index in [9.17, 15) is 14.7 Å². The van der Waals surface area contributed by atoms with Crippen LogP contribution in [0.5, 0.6) is 11.5 Å². The molecule has 0 fully saturated rings. The average Bonchev–Trinajstić information content (AvgIpc) is 2.37. The number of hydrogen-bond acceptors (Lipinski definition) is 5. The molecule has 1 atom stereocenters. The Bertz CT molecular complexity index is 727. The van der Waals surface area contributed by atoms with Gasteiger partial charge in [-0.25, -0.2) is 4.79 Å². The van der Waals surface area contributed by atoms with Crippen molar-refractivity contribution in [3.63, 3.8) is 0 Å². The van der Waals surface area contributed by atoms with Gasteiger partial charge in [0.05, 0.1) is 12.0 Å². The number of aryl methyl sites for hydroxylation is 1. The summed E-state index contributed by atoms with van der Waals surface area (Å²) in [5, 5.41) is 9.32. The summed E-state index contributed by atoms with van der Waals surface area (Å²) >= 11 is 0. The molecule has 0 bridgehead atoms. The van der Waals surface area contributed by atoms with E-state index in [1.54, 1.807) is 25.1 Å². The number of carbonyl (C=O) groups is 1. The van der Waals surface area contributed by atoms with Crippen molar-refractivity contribution in [3.05, 3.63) is 57.6 Å². The number of ether oxygens (including phenoxy) is 1. The van der Waals surface area contributed by atoms with Gasteiger partial charge in [-0.1, -0.05) is 12.1 Å². The summed E-state index contributed by atoms with van der Waals surface area (Å²) in [4.78, 5) is 23.7. The maximum absolute atomic E-state index is 12.0. The Morgan fingerprint density at radius 1 is 1.20 bits per heavy atom. The van der Waals surface area contributed by atoms with E-state index >= 15 is 0 Å². The third-order valence-electron chi connectivity index (χ3n) is 3.31. The Morgan fingerprint density at radius 3 is 2.60 bits per heavy atom. The van der Waals surface area contributed by atoms with Gasteiger partial charge >= 0.3 is 11.6 Å². The average molecular weight is 272 g/mol. The molecule has 5 heteroatoms. The second kappa shape index (κ2) is 4.52. The largest absolute Gasteiger partial charge is 0.508 e. The summed E-state index contributed by atoms with van der Waals surface area (Å²) in [5.74, 6) is -0.0199. The smallest absolute Gasteiger partial charge is 0.343 e. The third-order valence-corrected chi connectivity index (χ3v) is 3.31. The normalized spacial score (nSPS) is 17.4. The van der Waals surface area contributed by atoms with Gasteiger partial charge < -0.3 is 14.3 Å². The van der Waals surface area contributed by atoms with Crippen molar-refractivity contribution >= 4 is 5.97 Å². The third kappa shape index (κ3) is 2.07.